The van der Waals surface area contributed by atoms with Gasteiger partial charge in [0.1, 0.15) is 12.5 Å². The number of unbranched alkanes of at least 4 members (excludes halogenated alkanes) is 5. The molecule has 0 atom stereocenters. The van der Waals surface area contributed by atoms with E-state index in [-0.39, 0.29) is 19.0 Å². The fraction of sp³-hybridized carbons (Fsp3) is 0.588. The van der Waals surface area contributed by atoms with Crippen LogP contribution in [-0.4, -0.2) is 22.1 Å². The van der Waals surface area contributed by atoms with E-state index in [0.29, 0.717) is 11.1 Å². The van der Waals surface area contributed by atoms with Crippen molar-refractivity contribution in [2.24, 2.45) is 0 Å². The number of hydrogen-bond acceptors (Lipinski definition) is 4. The van der Waals surface area contributed by atoms with Gasteiger partial charge in [-0.3, -0.25) is 0 Å². The van der Waals surface area contributed by atoms with Gasteiger partial charge < -0.3 is 20.1 Å². The lowest BCUT2D eigenvalue weighted by Gasteiger charge is -2.13. The quantitative estimate of drug-likeness (QED) is 0.612. The number of rotatable bonds is 9. The Morgan fingerprint density at radius 3 is 2.10 bits per heavy atom. The van der Waals surface area contributed by atoms with Gasteiger partial charge in [-0.25, -0.2) is 0 Å². The molecule has 4 nitrogen and oxygen atoms in total. The third-order valence-corrected chi connectivity index (χ3v) is 3.61. The predicted octanol–water partition coefficient (Wildman–Crippen LogP) is 3.09. The zero-order valence-electron chi connectivity index (χ0n) is 13.0. The molecule has 0 radical (unpaired) electrons. The van der Waals surface area contributed by atoms with Crippen molar-refractivity contribution in [3.05, 3.63) is 28.8 Å². The van der Waals surface area contributed by atoms with Crippen molar-refractivity contribution < 1.29 is 20.1 Å². The van der Waals surface area contributed by atoms with Gasteiger partial charge in [0, 0.05) is 0 Å². The highest BCUT2D eigenvalue weighted by atomic mass is 16.3. The molecule has 0 spiro atoms. The molecule has 3 N–H and O–H groups in total. The van der Waals surface area contributed by atoms with Gasteiger partial charge >= 0.3 is 0 Å². The highest BCUT2D eigenvalue weighted by Crippen LogP contribution is 2.27. The molecule has 0 saturated carbocycles. The number of phenols is 1. The first-order valence-electron chi connectivity index (χ1n) is 7.57. The fourth-order valence-corrected chi connectivity index (χ4v) is 2.44. The van der Waals surface area contributed by atoms with Crippen molar-refractivity contribution in [3.63, 3.8) is 0 Å². The van der Waals surface area contributed by atoms with Crippen LogP contribution in [0.1, 0.15) is 62.1 Å². The van der Waals surface area contributed by atoms with Crippen LogP contribution >= 0.6 is 0 Å². The summed E-state index contributed by atoms with van der Waals surface area (Å²) in [6, 6.07) is 3.28. The maximum absolute atomic E-state index is 9.89. The van der Waals surface area contributed by atoms with Crippen LogP contribution in [0.4, 0.5) is 0 Å². The van der Waals surface area contributed by atoms with E-state index in [0.717, 1.165) is 24.8 Å². The Kier molecular flexibility index (Phi) is 11.5. The molecular formula is C17H28O4. The summed E-state index contributed by atoms with van der Waals surface area (Å²) in [5, 5.41) is 28.5. The molecule has 21 heavy (non-hydrogen) atoms. The minimum Gasteiger partial charge on any atom is -0.508 e. The number of aliphatic hydroxyl groups is 2. The molecule has 4 heteroatoms. The molecule has 0 unspecified atom stereocenters. The van der Waals surface area contributed by atoms with Crippen LogP contribution in [0.15, 0.2) is 12.1 Å². The molecule has 0 amide bonds. The number of carbonyl (C=O) groups excluding carboxylic acids is 1. The second-order valence-electron chi connectivity index (χ2n) is 5.03. The Morgan fingerprint density at radius 2 is 1.52 bits per heavy atom. The van der Waals surface area contributed by atoms with E-state index in [4.69, 9.17) is 4.79 Å². The molecule has 1 aromatic rings. The monoisotopic (exact) mass is 296 g/mol. The van der Waals surface area contributed by atoms with E-state index in [1.165, 1.54) is 25.7 Å². The van der Waals surface area contributed by atoms with Gasteiger partial charge in [0.25, 0.3) is 0 Å². The van der Waals surface area contributed by atoms with Crippen molar-refractivity contribution >= 4 is 6.79 Å². The van der Waals surface area contributed by atoms with Crippen molar-refractivity contribution in [2.75, 3.05) is 0 Å². The van der Waals surface area contributed by atoms with Gasteiger partial charge in [-0.1, -0.05) is 45.1 Å². The second-order valence-corrected chi connectivity index (χ2v) is 5.03. The first-order valence-corrected chi connectivity index (χ1v) is 7.57. The van der Waals surface area contributed by atoms with Crippen LogP contribution in [0.25, 0.3) is 0 Å². The Labute approximate surface area is 127 Å². The van der Waals surface area contributed by atoms with Gasteiger partial charge in [0.05, 0.1) is 13.2 Å². The lowest BCUT2D eigenvalue weighted by molar-refractivity contribution is -0.0979. The molecule has 0 aliphatic heterocycles. The lowest BCUT2D eigenvalue weighted by atomic mass is 9.96. The predicted molar refractivity (Wildman–Crippen MR) is 84.2 cm³/mol. The smallest absolute Gasteiger partial charge is 0.119 e. The Morgan fingerprint density at radius 1 is 0.905 bits per heavy atom. The van der Waals surface area contributed by atoms with Crippen LogP contribution in [-0.2, 0) is 24.4 Å². The molecule has 0 heterocycles. The standard InChI is InChI=1S/C16H26O3.CH2O/c1-2-3-4-5-6-7-8-14-15(12-18)13(11-17)9-10-16(14)19;1-2/h9-10,17-19H,2-8,11-12H2,1H3;1H2. The maximum atomic E-state index is 9.89. The molecule has 0 bridgehead atoms. The summed E-state index contributed by atoms with van der Waals surface area (Å²) in [4.78, 5) is 8.00. The van der Waals surface area contributed by atoms with Crippen LogP contribution in [0.3, 0.4) is 0 Å². The third kappa shape index (κ3) is 6.74. The Balaban J connectivity index is 0.00000191. The molecule has 0 aliphatic carbocycles. The Bertz CT molecular complexity index is 391. The number of phenolic OH excluding ortho intramolecular Hbond substituents is 1. The molecule has 1 aromatic carbocycles. The number of aliphatic hydroxyl groups excluding tert-OH is 2. The highest BCUT2D eigenvalue weighted by Gasteiger charge is 2.11. The van der Waals surface area contributed by atoms with Crippen molar-refractivity contribution in [3.8, 4) is 5.75 Å². The zero-order valence-corrected chi connectivity index (χ0v) is 13.0. The molecule has 0 aromatic heterocycles. The van der Waals surface area contributed by atoms with Gasteiger partial charge in [-0.05, 0) is 35.6 Å². The largest absolute Gasteiger partial charge is 0.508 e. The van der Waals surface area contributed by atoms with Gasteiger partial charge in [0.2, 0.25) is 0 Å². The summed E-state index contributed by atoms with van der Waals surface area (Å²) in [6.45, 7) is 3.97. The van der Waals surface area contributed by atoms with E-state index >= 15 is 0 Å². The van der Waals surface area contributed by atoms with E-state index < -0.39 is 0 Å². The summed E-state index contributed by atoms with van der Waals surface area (Å²) in [5.74, 6) is 0.231. The maximum Gasteiger partial charge on any atom is 0.119 e. The summed E-state index contributed by atoms with van der Waals surface area (Å²) >= 11 is 0. The lowest BCUT2D eigenvalue weighted by Crippen LogP contribution is -2.01. The average Bonchev–Trinajstić information content (AvgIpc) is 2.53. The average molecular weight is 296 g/mol. The minimum absolute atomic E-state index is 0.0975. The van der Waals surface area contributed by atoms with E-state index in [1.807, 2.05) is 6.79 Å². The second kappa shape index (κ2) is 12.4. The summed E-state index contributed by atoms with van der Waals surface area (Å²) < 4.78 is 0. The van der Waals surface area contributed by atoms with E-state index in [9.17, 15) is 15.3 Å². The number of aromatic hydroxyl groups is 1. The van der Waals surface area contributed by atoms with Gasteiger partial charge in [0.15, 0.2) is 0 Å². The normalized spacial score (nSPS) is 10.0. The number of hydrogen-bond donors (Lipinski definition) is 3. The summed E-state index contributed by atoms with van der Waals surface area (Å²) in [5.41, 5.74) is 2.20. The van der Waals surface area contributed by atoms with Gasteiger partial charge in [-0.15, -0.1) is 0 Å². The van der Waals surface area contributed by atoms with Crippen molar-refractivity contribution in [2.45, 2.75) is 65.1 Å². The Hall–Kier alpha value is -1.39. The number of benzene rings is 1. The van der Waals surface area contributed by atoms with E-state index in [2.05, 4.69) is 6.92 Å². The molecular weight excluding hydrogens is 268 g/mol. The first kappa shape index (κ1) is 19.6. The van der Waals surface area contributed by atoms with E-state index in [1.54, 1.807) is 12.1 Å². The molecule has 1 rings (SSSR count). The van der Waals surface area contributed by atoms with Crippen molar-refractivity contribution in [1.29, 1.82) is 0 Å². The fourth-order valence-electron chi connectivity index (χ4n) is 2.44. The van der Waals surface area contributed by atoms with Crippen LogP contribution in [0.2, 0.25) is 0 Å². The first-order chi connectivity index (χ1) is 10.2. The highest BCUT2D eigenvalue weighted by molar-refractivity contribution is 5.44. The summed E-state index contributed by atoms with van der Waals surface area (Å²) in [7, 11) is 0. The summed E-state index contributed by atoms with van der Waals surface area (Å²) in [6.07, 6.45) is 7.95. The minimum atomic E-state index is -0.130. The third-order valence-electron chi connectivity index (χ3n) is 3.61. The number of carbonyl (C=O) groups is 1. The molecule has 0 aliphatic rings. The van der Waals surface area contributed by atoms with Crippen LogP contribution < -0.4 is 0 Å². The topological polar surface area (TPSA) is 77.8 Å². The molecule has 0 fully saturated rings. The van der Waals surface area contributed by atoms with Crippen LogP contribution in [0, 0.1) is 0 Å². The van der Waals surface area contributed by atoms with Crippen LogP contribution in [0.5, 0.6) is 5.75 Å². The van der Waals surface area contributed by atoms with Gasteiger partial charge in [-0.2, -0.15) is 0 Å². The van der Waals surface area contributed by atoms with Crippen molar-refractivity contribution in [1.82, 2.24) is 0 Å². The molecule has 120 valence electrons. The molecule has 0 saturated heterocycles. The zero-order chi connectivity index (χ0) is 16.1. The SMILES string of the molecule is C=O.CCCCCCCCc1c(O)ccc(CO)c1CO.